The average molecular weight is 324 g/mol. The Morgan fingerprint density at radius 2 is 1.85 bits per heavy atom. The summed E-state index contributed by atoms with van der Waals surface area (Å²) in [6, 6.07) is 1.33. The number of sulfonamides is 1. The maximum atomic E-state index is 13.4. The molecule has 108 valence electrons. The molecule has 0 spiro atoms. The van der Waals surface area contributed by atoms with Crippen LogP contribution in [0.3, 0.4) is 0 Å². The largest absolute Gasteiger partial charge is 0.315 e. The number of H-pyrrole nitrogens is 1. The van der Waals surface area contributed by atoms with Crippen LogP contribution in [0.2, 0.25) is 0 Å². The van der Waals surface area contributed by atoms with E-state index >= 15 is 0 Å². The van der Waals surface area contributed by atoms with Gasteiger partial charge in [-0.1, -0.05) is 11.3 Å². The lowest BCUT2D eigenvalue weighted by atomic mass is 10.3. The predicted molar refractivity (Wildman–Crippen MR) is 66.8 cm³/mol. The highest BCUT2D eigenvalue weighted by Gasteiger charge is 2.23. The van der Waals surface area contributed by atoms with E-state index in [0.29, 0.717) is 17.4 Å². The molecule has 10 heteroatoms. The molecule has 0 bridgehead atoms. The van der Waals surface area contributed by atoms with Crippen LogP contribution in [-0.4, -0.2) is 13.4 Å². The zero-order valence-electron chi connectivity index (χ0n) is 9.83. The fourth-order valence-corrected chi connectivity index (χ4v) is 3.80. The molecule has 20 heavy (non-hydrogen) atoms. The maximum Gasteiger partial charge on any atom is 0.306 e. The van der Waals surface area contributed by atoms with E-state index < -0.39 is 38.0 Å². The SMILES string of the molecule is Cc1[nH]c(=O)sc1S(=O)(=O)Nc1ccc(F)c(F)c1F. The van der Waals surface area contributed by atoms with Gasteiger partial charge < -0.3 is 4.98 Å². The number of benzene rings is 1. The molecule has 0 atom stereocenters. The fraction of sp³-hybridized carbons (Fsp3) is 0.100. The highest BCUT2D eigenvalue weighted by atomic mass is 32.2. The van der Waals surface area contributed by atoms with E-state index in [4.69, 9.17) is 0 Å². The molecule has 0 saturated heterocycles. The van der Waals surface area contributed by atoms with Crippen molar-refractivity contribution in [1.29, 1.82) is 0 Å². The van der Waals surface area contributed by atoms with E-state index in [1.165, 1.54) is 6.92 Å². The van der Waals surface area contributed by atoms with E-state index in [0.717, 1.165) is 6.07 Å². The summed E-state index contributed by atoms with van der Waals surface area (Å²) in [5.74, 6) is -4.88. The minimum absolute atomic E-state index is 0.0653. The molecule has 0 radical (unpaired) electrons. The summed E-state index contributed by atoms with van der Waals surface area (Å²) in [5, 5.41) is 0. The first kappa shape index (κ1) is 14.6. The number of hydrogen-bond acceptors (Lipinski definition) is 4. The fourth-order valence-electron chi connectivity index (χ4n) is 1.44. The number of hydrogen-bond donors (Lipinski definition) is 2. The first-order valence-corrected chi connectivity index (χ1v) is 7.38. The molecule has 0 aliphatic heterocycles. The van der Waals surface area contributed by atoms with Gasteiger partial charge >= 0.3 is 4.87 Å². The average Bonchev–Trinajstić information content (AvgIpc) is 2.70. The topological polar surface area (TPSA) is 79.0 Å². The Hall–Kier alpha value is -1.81. The Labute approximate surface area is 115 Å². The lowest BCUT2D eigenvalue weighted by Crippen LogP contribution is -2.14. The number of nitrogens with one attached hydrogen (secondary N) is 2. The number of thiazole rings is 1. The second kappa shape index (κ2) is 4.94. The van der Waals surface area contributed by atoms with Crippen LogP contribution in [0.25, 0.3) is 0 Å². The van der Waals surface area contributed by atoms with Crippen molar-refractivity contribution < 1.29 is 21.6 Å². The van der Waals surface area contributed by atoms with E-state index in [2.05, 4.69) is 4.98 Å². The van der Waals surface area contributed by atoms with Crippen LogP contribution in [0, 0.1) is 24.4 Å². The van der Waals surface area contributed by atoms with Crippen molar-refractivity contribution in [3.63, 3.8) is 0 Å². The molecule has 0 aliphatic carbocycles. The van der Waals surface area contributed by atoms with Crippen molar-refractivity contribution in [1.82, 2.24) is 4.98 Å². The van der Waals surface area contributed by atoms with E-state index in [1.54, 1.807) is 4.72 Å². The molecule has 0 aliphatic rings. The standard InChI is InChI=1S/C10H7F3N2O3S2/c1-4-9(19-10(16)14-4)20(17,18)15-6-3-2-5(11)7(12)8(6)13/h2-3,15H,1H3,(H,14,16). The molecule has 2 rings (SSSR count). The molecule has 1 heterocycles. The number of aromatic amines is 1. The Balaban J connectivity index is 2.46. The van der Waals surface area contributed by atoms with E-state index in [1.807, 2.05) is 0 Å². The smallest absolute Gasteiger partial charge is 0.306 e. The van der Waals surface area contributed by atoms with Gasteiger partial charge in [0.1, 0.15) is 0 Å². The van der Waals surface area contributed by atoms with Gasteiger partial charge in [-0.3, -0.25) is 9.52 Å². The van der Waals surface area contributed by atoms with Gasteiger partial charge in [0.15, 0.2) is 21.7 Å². The maximum absolute atomic E-state index is 13.4. The molecule has 5 nitrogen and oxygen atoms in total. The van der Waals surface area contributed by atoms with Crippen molar-refractivity contribution in [2.75, 3.05) is 4.72 Å². The second-order valence-electron chi connectivity index (χ2n) is 3.76. The van der Waals surface area contributed by atoms with Crippen molar-refractivity contribution >= 4 is 27.0 Å². The number of anilines is 1. The zero-order chi connectivity index (χ0) is 15.1. The molecular formula is C10H7F3N2O3S2. The van der Waals surface area contributed by atoms with Gasteiger partial charge in [-0.25, -0.2) is 21.6 Å². The molecule has 1 aromatic heterocycles. The van der Waals surface area contributed by atoms with Crippen LogP contribution in [0.1, 0.15) is 5.69 Å². The third kappa shape index (κ3) is 2.56. The first-order chi connectivity index (χ1) is 9.22. The van der Waals surface area contributed by atoms with Crippen molar-refractivity contribution in [2.45, 2.75) is 11.1 Å². The van der Waals surface area contributed by atoms with Crippen LogP contribution in [0.15, 0.2) is 21.1 Å². The number of halogens is 3. The normalized spacial score (nSPS) is 11.6. The van der Waals surface area contributed by atoms with Crippen LogP contribution in [0.4, 0.5) is 18.9 Å². The summed E-state index contributed by atoms with van der Waals surface area (Å²) < 4.78 is 64.5. The molecule has 1 aromatic carbocycles. The summed E-state index contributed by atoms with van der Waals surface area (Å²) in [6.07, 6.45) is 0. The molecule has 0 saturated carbocycles. The lowest BCUT2D eigenvalue weighted by molar-refractivity contribution is 0.449. The summed E-state index contributed by atoms with van der Waals surface area (Å²) in [4.78, 5) is 12.7. The summed E-state index contributed by atoms with van der Waals surface area (Å²) in [6.45, 7) is 1.34. The van der Waals surface area contributed by atoms with Crippen LogP contribution < -0.4 is 9.60 Å². The second-order valence-corrected chi connectivity index (χ2v) is 6.62. The number of rotatable bonds is 3. The lowest BCUT2D eigenvalue weighted by Gasteiger charge is -2.08. The molecule has 0 fully saturated rings. The third-order valence-electron chi connectivity index (χ3n) is 2.30. The highest BCUT2D eigenvalue weighted by Crippen LogP contribution is 2.24. The Bertz CT molecular complexity index is 827. The summed E-state index contributed by atoms with van der Waals surface area (Å²) >= 11 is 0.402. The van der Waals surface area contributed by atoms with Crippen LogP contribution >= 0.6 is 11.3 Å². The van der Waals surface area contributed by atoms with Gasteiger partial charge in [-0.2, -0.15) is 0 Å². The molecule has 2 aromatic rings. The minimum Gasteiger partial charge on any atom is -0.315 e. The van der Waals surface area contributed by atoms with E-state index in [9.17, 15) is 26.4 Å². The van der Waals surface area contributed by atoms with Gasteiger partial charge in [0.05, 0.1) is 5.69 Å². The quantitative estimate of drug-likeness (QED) is 0.847. The molecular weight excluding hydrogens is 317 g/mol. The Kier molecular flexibility index (Phi) is 3.61. The third-order valence-corrected chi connectivity index (χ3v) is 5.27. The van der Waals surface area contributed by atoms with Crippen molar-refractivity contribution in [3.05, 3.63) is 44.9 Å². The zero-order valence-corrected chi connectivity index (χ0v) is 11.5. The monoisotopic (exact) mass is 324 g/mol. The Morgan fingerprint density at radius 3 is 2.40 bits per heavy atom. The number of aryl methyl sites for hydroxylation is 1. The first-order valence-electron chi connectivity index (χ1n) is 5.08. The van der Waals surface area contributed by atoms with Gasteiger partial charge in [0.25, 0.3) is 10.0 Å². The minimum atomic E-state index is -4.27. The Morgan fingerprint density at radius 1 is 1.20 bits per heavy atom. The van der Waals surface area contributed by atoms with Gasteiger partial charge in [0.2, 0.25) is 0 Å². The van der Waals surface area contributed by atoms with Crippen molar-refractivity contribution in [3.8, 4) is 0 Å². The molecule has 0 unspecified atom stereocenters. The highest BCUT2D eigenvalue weighted by molar-refractivity contribution is 7.94. The summed E-state index contributed by atoms with van der Waals surface area (Å²) in [5.41, 5.74) is -0.681. The summed E-state index contributed by atoms with van der Waals surface area (Å²) in [7, 11) is -4.27. The number of aromatic nitrogens is 1. The molecule has 2 N–H and O–H groups in total. The van der Waals surface area contributed by atoms with Gasteiger partial charge in [-0.05, 0) is 19.1 Å². The van der Waals surface area contributed by atoms with Gasteiger partial charge in [0, 0.05) is 5.69 Å². The molecule has 0 amide bonds. The van der Waals surface area contributed by atoms with Crippen LogP contribution in [-0.2, 0) is 10.0 Å². The van der Waals surface area contributed by atoms with Crippen molar-refractivity contribution in [2.24, 2.45) is 0 Å². The van der Waals surface area contributed by atoms with Crippen LogP contribution in [0.5, 0.6) is 0 Å². The van der Waals surface area contributed by atoms with Gasteiger partial charge in [-0.15, -0.1) is 0 Å². The predicted octanol–water partition coefficient (Wildman–Crippen LogP) is 1.96. The van der Waals surface area contributed by atoms with E-state index in [-0.39, 0.29) is 9.90 Å².